The van der Waals surface area contributed by atoms with Crippen LogP contribution in [0.3, 0.4) is 0 Å². The molecule has 2 amide bonds. The van der Waals surface area contributed by atoms with Crippen LogP contribution in [0.1, 0.15) is 36.0 Å². The van der Waals surface area contributed by atoms with E-state index in [-0.39, 0.29) is 18.4 Å². The first kappa shape index (κ1) is 18.3. The third-order valence-corrected chi connectivity index (χ3v) is 5.11. The van der Waals surface area contributed by atoms with Crippen LogP contribution in [-0.4, -0.2) is 42.5 Å². The van der Waals surface area contributed by atoms with Crippen molar-refractivity contribution in [2.75, 3.05) is 25.0 Å². The molecule has 0 spiro atoms. The van der Waals surface area contributed by atoms with Crippen molar-refractivity contribution >= 4 is 17.5 Å². The zero-order valence-corrected chi connectivity index (χ0v) is 15.7. The molecule has 1 N–H and O–H groups in total. The Labute approximate surface area is 164 Å². The van der Waals surface area contributed by atoms with E-state index in [1.165, 1.54) is 0 Å². The van der Waals surface area contributed by atoms with Crippen molar-refractivity contribution in [3.63, 3.8) is 0 Å². The Hall–Kier alpha value is -3.02. The molecule has 1 fully saturated rings. The van der Waals surface area contributed by atoms with Crippen molar-refractivity contribution in [1.82, 2.24) is 4.90 Å². The molecule has 2 aliphatic rings. The van der Waals surface area contributed by atoms with Gasteiger partial charge in [-0.3, -0.25) is 9.59 Å². The lowest BCUT2D eigenvalue weighted by Gasteiger charge is -2.26. The van der Waals surface area contributed by atoms with Crippen molar-refractivity contribution in [2.24, 2.45) is 0 Å². The van der Waals surface area contributed by atoms with Crippen LogP contribution in [0.2, 0.25) is 0 Å². The number of nitrogens with zero attached hydrogens (tertiary/aromatic N) is 1. The van der Waals surface area contributed by atoms with Crippen LogP contribution in [0, 0.1) is 0 Å². The van der Waals surface area contributed by atoms with Crippen LogP contribution in [0.5, 0.6) is 11.5 Å². The van der Waals surface area contributed by atoms with E-state index in [9.17, 15) is 9.59 Å². The molecule has 2 heterocycles. The molecule has 28 heavy (non-hydrogen) atoms. The second-order valence-corrected chi connectivity index (χ2v) is 7.11. The van der Waals surface area contributed by atoms with E-state index in [0.717, 1.165) is 38.8 Å². The Morgan fingerprint density at radius 2 is 1.57 bits per heavy atom. The summed E-state index contributed by atoms with van der Waals surface area (Å²) >= 11 is 0. The molecule has 0 bridgehead atoms. The Balaban J connectivity index is 1.48. The summed E-state index contributed by atoms with van der Waals surface area (Å²) in [6.07, 6.45) is 3.58. The van der Waals surface area contributed by atoms with E-state index in [1.807, 2.05) is 29.2 Å². The lowest BCUT2D eigenvalue weighted by molar-refractivity contribution is -0.125. The third kappa shape index (κ3) is 3.96. The van der Waals surface area contributed by atoms with E-state index in [1.54, 1.807) is 24.3 Å². The van der Waals surface area contributed by atoms with Gasteiger partial charge < -0.3 is 19.7 Å². The molecule has 0 aromatic heterocycles. The molecule has 2 aromatic carbocycles. The molecule has 6 nitrogen and oxygen atoms in total. The highest BCUT2D eigenvalue weighted by molar-refractivity contribution is 6.04. The SMILES string of the molecule is O=C(Nc1ccccc1C(=O)N1CCCCCC1)[C@@H]1COc2ccccc2O1. The van der Waals surface area contributed by atoms with E-state index < -0.39 is 6.10 Å². The number of ether oxygens (including phenoxy) is 2. The van der Waals surface area contributed by atoms with Gasteiger partial charge in [-0.1, -0.05) is 37.1 Å². The van der Waals surface area contributed by atoms with Gasteiger partial charge >= 0.3 is 0 Å². The normalized spacial score (nSPS) is 18.9. The molecule has 2 aliphatic heterocycles. The van der Waals surface area contributed by atoms with E-state index in [4.69, 9.17) is 9.47 Å². The van der Waals surface area contributed by atoms with Crippen molar-refractivity contribution < 1.29 is 19.1 Å². The lowest BCUT2D eigenvalue weighted by Crippen LogP contribution is -2.40. The number of hydrogen-bond acceptors (Lipinski definition) is 4. The topological polar surface area (TPSA) is 67.9 Å². The molecule has 146 valence electrons. The van der Waals surface area contributed by atoms with Gasteiger partial charge in [-0.15, -0.1) is 0 Å². The Kier molecular flexibility index (Phi) is 5.46. The van der Waals surface area contributed by atoms with Gasteiger partial charge in [-0.05, 0) is 37.1 Å². The molecular weight excluding hydrogens is 356 g/mol. The number of carbonyl (C=O) groups excluding carboxylic acids is 2. The summed E-state index contributed by atoms with van der Waals surface area (Å²) in [4.78, 5) is 27.6. The molecule has 6 heteroatoms. The number of likely N-dealkylation sites (tertiary alicyclic amines) is 1. The summed E-state index contributed by atoms with van der Waals surface area (Å²) in [5.41, 5.74) is 1.01. The lowest BCUT2D eigenvalue weighted by atomic mass is 10.1. The van der Waals surface area contributed by atoms with Gasteiger partial charge in [0.2, 0.25) is 6.10 Å². The number of benzene rings is 2. The summed E-state index contributed by atoms with van der Waals surface area (Å²) in [5, 5.41) is 2.86. The fourth-order valence-electron chi connectivity index (χ4n) is 3.58. The Morgan fingerprint density at radius 1 is 0.893 bits per heavy atom. The molecule has 0 saturated carbocycles. The highest BCUT2D eigenvalue weighted by Crippen LogP contribution is 2.31. The summed E-state index contributed by atoms with van der Waals surface area (Å²) < 4.78 is 11.4. The number of fused-ring (bicyclic) bond motifs is 1. The van der Waals surface area contributed by atoms with Gasteiger partial charge in [-0.2, -0.15) is 0 Å². The smallest absolute Gasteiger partial charge is 0.269 e. The number of rotatable bonds is 3. The van der Waals surface area contributed by atoms with Crippen molar-refractivity contribution in [1.29, 1.82) is 0 Å². The summed E-state index contributed by atoms with van der Waals surface area (Å²) in [6, 6.07) is 14.4. The van der Waals surface area contributed by atoms with Crippen molar-refractivity contribution in [2.45, 2.75) is 31.8 Å². The van der Waals surface area contributed by atoms with Gasteiger partial charge in [0, 0.05) is 13.1 Å². The minimum Gasteiger partial charge on any atom is -0.485 e. The van der Waals surface area contributed by atoms with Crippen LogP contribution < -0.4 is 14.8 Å². The molecule has 1 saturated heterocycles. The average Bonchev–Trinajstić information content (AvgIpc) is 3.03. The number of para-hydroxylation sites is 3. The second-order valence-electron chi connectivity index (χ2n) is 7.11. The van der Waals surface area contributed by atoms with E-state index >= 15 is 0 Å². The zero-order chi connectivity index (χ0) is 19.3. The number of amides is 2. The highest BCUT2D eigenvalue weighted by Gasteiger charge is 2.28. The van der Waals surface area contributed by atoms with Crippen LogP contribution >= 0.6 is 0 Å². The Bertz CT molecular complexity index is 859. The first-order valence-electron chi connectivity index (χ1n) is 9.80. The van der Waals surface area contributed by atoms with Crippen molar-refractivity contribution in [3.8, 4) is 11.5 Å². The molecule has 4 rings (SSSR count). The molecule has 0 radical (unpaired) electrons. The monoisotopic (exact) mass is 380 g/mol. The van der Waals surface area contributed by atoms with Crippen molar-refractivity contribution in [3.05, 3.63) is 54.1 Å². The van der Waals surface area contributed by atoms with Crippen LogP contribution in [0.25, 0.3) is 0 Å². The van der Waals surface area contributed by atoms with Crippen LogP contribution in [0.4, 0.5) is 5.69 Å². The minimum atomic E-state index is -0.767. The zero-order valence-electron chi connectivity index (χ0n) is 15.7. The Morgan fingerprint density at radius 3 is 2.36 bits per heavy atom. The molecule has 1 atom stereocenters. The van der Waals surface area contributed by atoms with Crippen LogP contribution in [0.15, 0.2) is 48.5 Å². The fraction of sp³-hybridized carbons (Fsp3) is 0.364. The van der Waals surface area contributed by atoms with Gasteiger partial charge in [0.05, 0.1) is 11.3 Å². The van der Waals surface area contributed by atoms with E-state index in [2.05, 4.69) is 5.32 Å². The largest absolute Gasteiger partial charge is 0.485 e. The molecule has 2 aromatic rings. The molecular formula is C22H24N2O4. The summed E-state index contributed by atoms with van der Waals surface area (Å²) in [6.45, 7) is 1.65. The van der Waals surface area contributed by atoms with Gasteiger partial charge in [0.1, 0.15) is 6.61 Å². The second kappa shape index (κ2) is 8.33. The number of carbonyl (C=O) groups is 2. The average molecular weight is 380 g/mol. The summed E-state index contributed by atoms with van der Waals surface area (Å²) in [5.74, 6) is 0.806. The van der Waals surface area contributed by atoms with Gasteiger partial charge in [-0.25, -0.2) is 0 Å². The molecule has 0 aliphatic carbocycles. The molecule has 0 unspecified atom stereocenters. The maximum absolute atomic E-state index is 13.0. The first-order chi connectivity index (χ1) is 13.7. The highest BCUT2D eigenvalue weighted by atomic mass is 16.6. The maximum atomic E-state index is 13.0. The third-order valence-electron chi connectivity index (χ3n) is 5.11. The van der Waals surface area contributed by atoms with E-state index in [0.29, 0.717) is 22.7 Å². The fourth-order valence-corrected chi connectivity index (χ4v) is 3.58. The number of hydrogen-bond donors (Lipinski definition) is 1. The quantitative estimate of drug-likeness (QED) is 0.885. The summed E-state index contributed by atoms with van der Waals surface area (Å²) in [7, 11) is 0. The standard InChI is InChI=1S/C22H24N2O4/c25-21(20-15-27-18-11-5-6-12-19(18)28-20)23-17-10-4-3-9-16(17)22(26)24-13-7-1-2-8-14-24/h3-6,9-12,20H,1-2,7-8,13-15H2,(H,23,25)/t20-/m0/s1. The minimum absolute atomic E-state index is 0.0380. The predicted molar refractivity (Wildman–Crippen MR) is 106 cm³/mol. The van der Waals surface area contributed by atoms with Gasteiger partial charge in [0.15, 0.2) is 11.5 Å². The first-order valence-corrected chi connectivity index (χ1v) is 9.80. The number of anilines is 1. The number of nitrogens with one attached hydrogen (secondary N) is 1. The van der Waals surface area contributed by atoms with Gasteiger partial charge in [0.25, 0.3) is 11.8 Å². The maximum Gasteiger partial charge on any atom is 0.269 e. The predicted octanol–water partition coefficient (Wildman–Crippen LogP) is 3.48. The van der Waals surface area contributed by atoms with Crippen LogP contribution in [-0.2, 0) is 4.79 Å².